The van der Waals surface area contributed by atoms with Crippen LogP contribution in [0.2, 0.25) is 10.0 Å². The number of benzene rings is 2. The number of anilines is 1. The molecule has 0 saturated carbocycles. The molecule has 0 aliphatic rings. The number of halogens is 2. The molecule has 10 heteroatoms. The molecule has 2 amide bonds. The van der Waals surface area contributed by atoms with E-state index in [1.54, 1.807) is 37.3 Å². The molecule has 0 aliphatic heterocycles. The lowest BCUT2D eigenvalue weighted by atomic mass is 10.1. The zero-order chi connectivity index (χ0) is 26.2. The van der Waals surface area contributed by atoms with E-state index in [2.05, 4.69) is 5.32 Å². The molecule has 192 valence electrons. The maximum Gasteiger partial charge on any atom is 0.242 e. The van der Waals surface area contributed by atoms with Crippen molar-refractivity contribution in [3.63, 3.8) is 0 Å². The number of nitrogens with one attached hydrogen (secondary N) is 1. The molecular weight excluding hydrogens is 509 g/mol. The van der Waals surface area contributed by atoms with E-state index in [1.165, 1.54) is 9.21 Å². The molecule has 0 fully saturated rings. The number of hydrogen-bond donors (Lipinski definition) is 1. The first-order valence-electron chi connectivity index (χ1n) is 11.5. The second kappa shape index (κ2) is 13.1. The predicted octanol–water partition coefficient (Wildman–Crippen LogP) is 4.79. The van der Waals surface area contributed by atoms with E-state index >= 15 is 0 Å². The average molecular weight is 543 g/mol. The summed E-state index contributed by atoms with van der Waals surface area (Å²) in [6, 6.07) is 11.5. The van der Waals surface area contributed by atoms with Crippen LogP contribution in [-0.2, 0) is 26.2 Å². The van der Waals surface area contributed by atoms with Crippen molar-refractivity contribution < 1.29 is 18.0 Å². The molecule has 0 heterocycles. The number of sulfonamides is 1. The van der Waals surface area contributed by atoms with Gasteiger partial charge in [-0.3, -0.25) is 13.9 Å². The molecule has 0 bridgehead atoms. The number of amides is 2. The van der Waals surface area contributed by atoms with Crippen molar-refractivity contribution in [2.45, 2.75) is 52.6 Å². The summed E-state index contributed by atoms with van der Waals surface area (Å²) in [6.07, 6.45) is 2.23. The standard InChI is InChI=1S/C25H33Cl2N3O4S/c1-5-15-28-25(32)19(3)29(17-21-22(26)8-6-9-23(21)27)24(31)10-7-16-30(35(4,33)34)20-13-11-18(2)12-14-20/h6,8-9,11-14,19H,5,7,10,15-17H2,1-4H3,(H,28,32)/t19-/m0/s1. The Morgan fingerprint density at radius 3 is 2.20 bits per heavy atom. The molecule has 2 aromatic rings. The van der Waals surface area contributed by atoms with Crippen molar-refractivity contribution in [2.75, 3.05) is 23.7 Å². The molecule has 0 radical (unpaired) electrons. The van der Waals surface area contributed by atoms with E-state index in [9.17, 15) is 18.0 Å². The van der Waals surface area contributed by atoms with Crippen molar-refractivity contribution in [3.8, 4) is 0 Å². The van der Waals surface area contributed by atoms with Gasteiger partial charge in [-0.15, -0.1) is 0 Å². The van der Waals surface area contributed by atoms with Gasteiger partial charge in [0.05, 0.1) is 11.9 Å². The normalized spacial score (nSPS) is 12.2. The zero-order valence-electron chi connectivity index (χ0n) is 20.6. The van der Waals surface area contributed by atoms with Gasteiger partial charge in [0.25, 0.3) is 0 Å². The summed E-state index contributed by atoms with van der Waals surface area (Å²) < 4.78 is 26.1. The summed E-state index contributed by atoms with van der Waals surface area (Å²) >= 11 is 12.6. The van der Waals surface area contributed by atoms with Crippen LogP contribution in [0, 0.1) is 6.92 Å². The summed E-state index contributed by atoms with van der Waals surface area (Å²) in [5.74, 6) is -0.571. The Morgan fingerprint density at radius 2 is 1.66 bits per heavy atom. The molecule has 7 nitrogen and oxygen atoms in total. The van der Waals surface area contributed by atoms with E-state index in [1.807, 2.05) is 26.0 Å². The Kier molecular flexibility index (Phi) is 10.9. The fraction of sp³-hybridized carbons (Fsp3) is 0.440. The molecule has 0 unspecified atom stereocenters. The number of carbonyl (C=O) groups is 2. The molecule has 35 heavy (non-hydrogen) atoms. The Labute approximate surface area is 218 Å². The molecule has 0 aromatic heterocycles. The number of carbonyl (C=O) groups excluding carboxylic acids is 2. The summed E-state index contributed by atoms with van der Waals surface area (Å²) in [5, 5.41) is 3.62. The van der Waals surface area contributed by atoms with Crippen molar-refractivity contribution in [2.24, 2.45) is 0 Å². The Hall–Kier alpha value is -2.29. The molecule has 2 rings (SSSR count). The fourth-order valence-electron chi connectivity index (χ4n) is 3.55. The Bertz CT molecular complexity index is 1100. The summed E-state index contributed by atoms with van der Waals surface area (Å²) in [7, 11) is -3.54. The lowest BCUT2D eigenvalue weighted by molar-refractivity contribution is -0.140. The number of rotatable bonds is 12. The molecule has 2 aromatic carbocycles. The highest BCUT2D eigenvalue weighted by Crippen LogP contribution is 2.27. The van der Waals surface area contributed by atoms with Crippen molar-refractivity contribution >= 4 is 50.7 Å². The van der Waals surface area contributed by atoms with Gasteiger partial charge in [0.15, 0.2) is 0 Å². The Morgan fingerprint density at radius 1 is 1.06 bits per heavy atom. The van der Waals surface area contributed by atoms with E-state index in [0.29, 0.717) is 27.8 Å². The summed E-state index contributed by atoms with van der Waals surface area (Å²) in [4.78, 5) is 27.4. The third-order valence-corrected chi connectivity index (χ3v) is 7.48. The number of nitrogens with zero attached hydrogens (tertiary/aromatic N) is 2. The average Bonchev–Trinajstić information content (AvgIpc) is 2.79. The van der Waals surface area contributed by atoms with Gasteiger partial charge in [-0.1, -0.05) is 53.9 Å². The van der Waals surface area contributed by atoms with Crippen molar-refractivity contribution in [1.82, 2.24) is 10.2 Å². The quantitative estimate of drug-likeness (QED) is 0.418. The van der Waals surface area contributed by atoms with Crippen LogP contribution in [0.25, 0.3) is 0 Å². The van der Waals surface area contributed by atoms with Gasteiger partial charge < -0.3 is 10.2 Å². The maximum absolute atomic E-state index is 13.3. The van der Waals surface area contributed by atoms with Crippen LogP contribution in [0.15, 0.2) is 42.5 Å². The lowest BCUT2D eigenvalue weighted by Crippen LogP contribution is -2.48. The largest absolute Gasteiger partial charge is 0.354 e. The highest BCUT2D eigenvalue weighted by Gasteiger charge is 2.27. The first-order valence-corrected chi connectivity index (χ1v) is 14.1. The van der Waals surface area contributed by atoms with E-state index < -0.39 is 16.1 Å². The van der Waals surface area contributed by atoms with Crippen LogP contribution in [0.4, 0.5) is 5.69 Å². The highest BCUT2D eigenvalue weighted by molar-refractivity contribution is 7.92. The van der Waals surface area contributed by atoms with E-state index in [4.69, 9.17) is 23.2 Å². The van der Waals surface area contributed by atoms with E-state index in [0.717, 1.165) is 18.2 Å². The lowest BCUT2D eigenvalue weighted by Gasteiger charge is -2.30. The van der Waals surface area contributed by atoms with Crippen molar-refractivity contribution in [1.29, 1.82) is 0 Å². The molecule has 1 N–H and O–H groups in total. The summed E-state index contributed by atoms with van der Waals surface area (Å²) in [6.45, 7) is 6.21. The minimum Gasteiger partial charge on any atom is -0.354 e. The zero-order valence-corrected chi connectivity index (χ0v) is 22.9. The molecule has 0 saturated heterocycles. The number of hydrogen-bond acceptors (Lipinski definition) is 4. The van der Waals surface area contributed by atoms with Crippen LogP contribution in [0.5, 0.6) is 0 Å². The minimum atomic E-state index is -3.54. The van der Waals surface area contributed by atoms with E-state index in [-0.39, 0.29) is 37.7 Å². The first kappa shape index (κ1) is 28.9. The van der Waals surface area contributed by atoms with Gasteiger partial charge in [0, 0.05) is 41.7 Å². The van der Waals surface area contributed by atoms with Crippen LogP contribution in [0.1, 0.15) is 44.2 Å². The molecule has 0 spiro atoms. The summed E-state index contributed by atoms with van der Waals surface area (Å²) in [5.41, 5.74) is 2.11. The topological polar surface area (TPSA) is 86.8 Å². The van der Waals surface area contributed by atoms with Gasteiger partial charge in [0.2, 0.25) is 21.8 Å². The highest BCUT2D eigenvalue weighted by atomic mass is 35.5. The van der Waals surface area contributed by atoms with Gasteiger partial charge >= 0.3 is 0 Å². The first-order chi connectivity index (χ1) is 16.5. The number of aryl methyl sites for hydroxylation is 1. The SMILES string of the molecule is CCCNC(=O)[C@H](C)N(Cc1c(Cl)cccc1Cl)C(=O)CCCN(c1ccc(C)cc1)S(C)(=O)=O. The second-order valence-corrected chi connectivity index (χ2v) is 11.2. The third-order valence-electron chi connectivity index (χ3n) is 5.58. The van der Waals surface area contributed by atoms with Crippen molar-refractivity contribution in [3.05, 3.63) is 63.6 Å². The van der Waals surface area contributed by atoms with Crippen LogP contribution < -0.4 is 9.62 Å². The van der Waals surface area contributed by atoms with Gasteiger partial charge in [-0.2, -0.15) is 0 Å². The Balaban J connectivity index is 2.20. The minimum absolute atomic E-state index is 0.0470. The smallest absolute Gasteiger partial charge is 0.242 e. The fourth-order valence-corrected chi connectivity index (χ4v) is 5.03. The monoisotopic (exact) mass is 541 g/mol. The van der Waals surface area contributed by atoms with Crippen LogP contribution >= 0.6 is 23.2 Å². The molecule has 0 aliphatic carbocycles. The van der Waals surface area contributed by atoms with Crippen LogP contribution in [0.3, 0.4) is 0 Å². The van der Waals surface area contributed by atoms with Gasteiger partial charge in [-0.05, 0) is 51.0 Å². The van der Waals surface area contributed by atoms with Gasteiger partial charge in [-0.25, -0.2) is 8.42 Å². The maximum atomic E-state index is 13.3. The van der Waals surface area contributed by atoms with Crippen LogP contribution in [-0.4, -0.2) is 50.5 Å². The third kappa shape index (κ3) is 8.40. The second-order valence-electron chi connectivity index (χ2n) is 8.46. The predicted molar refractivity (Wildman–Crippen MR) is 142 cm³/mol. The molecule has 1 atom stereocenters. The molecular formula is C25H33Cl2N3O4S. The van der Waals surface area contributed by atoms with Gasteiger partial charge in [0.1, 0.15) is 6.04 Å².